The van der Waals surface area contributed by atoms with Gasteiger partial charge in [-0.1, -0.05) is 29.8 Å². The number of likely N-dealkylation sites (tertiary alicyclic amines) is 1. The number of aryl methyl sites for hydroxylation is 1. The van der Waals surface area contributed by atoms with Crippen LogP contribution in [-0.4, -0.2) is 58.2 Å². The van der Waals surface area contributed by atoms with Crippen molar-refractivity contribution in [1.29, 1.82) is 0 Å². The van der Waals surface area contributed by atoms with Gasteiger partial charge >= 0.3 is 0 Å². The van der Waals surface area contributed by atoms with E-state index < -0.39 is 6.10 Å². The van der Waals surface area contributed by atoms with Crippen LogP contribution in [0.1, 0.15) is 42.1 Å². The molecule has 1 aliphatic rings. The first-order valence-corrected chi connectivity index (χ1v) is 12.7. The van der Waals surface area contributed by atoms with Gasteiger partial charge < -0.3 is 30.7 Å². The van der Waals surface area contributed by atoms with Crippen LogP contribution >= 0.6 is 11.6 Å². The predicted molar refractivity (Wildman–Crippen MR) is 141 cm³/mol. The molecule has 8 nitrogen and oxygen atoms in total. The Bertz CT molecular complexity index is 1250. The normalized spacial score (nSPS) is 15.8. The minimum Gasteiger partial charge on any atom is -0.506 e. The van der Waals surface area contributed by atoms with E-state index in [0.717, 1.165) is 37.1 Å². The third-order valence-electron chi connectivity index (χ3n) is 6.92. The van der Waals surface area contributed by atoms with E-state index >= 15 is 0 Å². The molecular weight excluding hydrogens is 480 g/mol. The van der Waals surface area contributed by atoms with Gasteiger partial charge in [-0.15, -0.1) is 0 Å². The third-order valence-corrected chi connectivity index (χ3v) is 7.28. The van der Waals surface area contributed by atoms with Gasteiger partial charge in [0, 0.05) is 48.6 Å². The van der Waals surface area contributed by atoms with Crippen molar-refractivity contribution in [3.05, 3.63) is 74.5 Å². The van der Waals surface area contributed by atoms with Crippen LogP contribution in [0.2, 0.25) is 5.02 Å². The SMILES string of the molecule is Cc1cccc(Cl)c1CNC(=O)CCN1CCC(NC[C@@H](O)c2ccc(O)c3[nH]c(=O)ccc23)CC1. The summed E-state index contributed by atoms with van der Waals surface area (Å²) < 4.78 is 0. The van der Waals surface area contributed by atoms with Gasteiger partial charge in [0.25, 0.3) is 0 Å². The Morgan fingerprint density at radius 1 is 1.19 bits per heavy atom. The van der Waals surface area contributed by atoms with Crippen LogP contribution in [0, 0.1) is 6.92 Å². The number of aromatic nitrogens is 1. The highest BCUT2D eigenvalue weighted by atomic mass is 35.5. The molecule has 1 fully saturated rings. The lowest BCUT2D eigenvalue weighted by Gasteiger charge is -2.32. The van der Waals surface area contributed by atoms with Crippen molar-refractivity contribution in [2.45, 2.75) is 44.9 Å². The number of benzene rings is 2. The number of aliphatic hydroxyl groups excluding tert-OH is 1. The summed E-state index contributed by atoms with van der Waals surface area (Å²) in [7, 11) is 0. The number of aliphatic hydroxyl groups is 1. The number of phenolic OH excluding ortho intramolecular Hbond substituents is 1. The molecule has 1 aromatic heterocycles. The second-order valence-corrected chi connectivity index (χ2v) is 9.79. The maximum Gasteiger partial charge on any atom is 0.248 e. The summed E-state index contributed by atoms with van der Waals surface area (Å²) in [6.45, 7) is 5.26. The summed E-state index contributed by atoms with van der Waals surface area (Å²) >= 11 is 6.24. The summed E-state index contributed by atoms with van der Waals surface area (Å²) in [5, 5.41) is 28.5. The van der Waals surface area contributed by atoms with Crippen LogP contribution in [-0.2, 0) is 11.3 Å². The van der Waals surface area contributed by atoms with Gasteiger partial charge in [0.05, 0.1) is 11.6 Å². The fourth-order valence-electron chi connectivity index (χ4n) is 4.72. The zero-order valence-corrected chi connectivity index (χ0v) is 21.1. The molecule has 1 saturated heterocycles. The molecule has 2 heterocycles. The number of hydrogen-bond acceptors (Lipinski definition) is 6. The van der Waals surface area contributed by atoms with E-state index in [1.54, 1.807) is 12.1 Å². The molecule has 0 spiro atoms. The number of fused-ring (bicyclic) bond motifs is 1. The average molecular weight is 513 g/mol. The maximum atomic E-state index is 12.3. The topological polar surface area (TPSA) is 118 Å². The van der Waals surface area contributed by atoms with Crippen LogP contribution in [0.4, 0.5) is 0 Å². The molecule has 0 aliphatic carbocycles. The molecule has 0 saturated carbocycles. The average Bonchev–Trinajstić information content (AvgIpc) is 2.87. The fraction of sp³-hybridized carbons (Fsp3) is 0.407. The highest BCUT2D eigenvalue weighted by molar-refractivity contribution is 6.31. The second-order valence-electron chi connectivity index (χ2n) is 9.39. The summed E-state index contributed by atoms with van der Waals surface area (Å²) in [5.74, 6) is -0.00759. The number of H-pyrrole nitrogens is 1. The molecular formula is C27H33ClN4O4. The molecule has 192 valence electrons. The third kappa shape index (κ3) is 6.44. The van der Waals surface area contributed by atoms with Crippen LogP contribution in [0.15, 0.2) is 47.3 Å². The van der Waals surface area contributed by atoms with Gasteiger partial charge in [0.1, 0.15) is 5.75 Å². The number of amides is 1. The zero-order valence-electron chi connectivity index (χ0n) is 20.4. The number of aromatic hydroxyl groups is 1. The molecule has 36 heavy (non-hydrogen) atoms. The number of rotatable bonds is 9. The Kier molecular flexibility index (Phi) is 8.64. The molecule has 0 radical (unpaired) electrons. The molecule has 0 unspecified atom stereocenters. The first kappa shape index (κ1) is 26.2. The molecule has 5 N–H and O–H groups in total. The standard InChI is InChI=1S/C27H33ClN4O4/c1-17-3-2-4-22(28)21(17)15-30-25(35)11-14-32-12-9-18(10-13-32)29-16-24(34)19-5-7-23(33)27-20(19)6-8-26(36)31-27/h2-8,18,24,29,33-34H,9-16H2,1H3,(H,30,35)(H,31,36)/t24-/m1/s1. The van der Waals surface area contributed by atoms with E-state index in [4.69, 9.17) is 11.6 Å². The number of aromatic amines is 1. The number of nitrogens with one attached hydrogen (secondary N) is 3. The first-order chi connectivity index (χ1) is 17.3. The summed E-state index contributed by atoms with van der Waals surface area (Å²) in [6, 6.07) is 12.2. The van der Waals surface area contributed by atoms with Crippen molar-refractivity contribution in [2.75, 3.05) is 26.2 Å². The van der Waals surface area contributed by atoms with Crippen molar-refractivity contribution in [1.82, 2.24) is 20.5 Å². The Labute approximate surface area is 215 Å². The Morgan fingerprint density at radius 2 is 1.97 bits per heavy atom. The van der Waals surface area contributed by atoms with Gasteiger partial charge in [0.15, 0.2) is 0 Å². The Hall–Kier alpha value is -2.91. The number of carbonyl (C=O) groups is 1. The lowest BCUT2D eigenvalue weighted by Crippen LogP contribution is -2.44. The molecule has 1 aliphatic heterocycles. The van der Waals surface area contributed by atoms with E-state index in [1.807, 2.05) is 25.1 Å². The Balaban J connectivity index is 1.19. The number of phenols is 1. The Morgan fingerprint density at radius 3 is 2.72 bits per heavy atom. The lowest BCUT2D eigenvalue weighted by molar-refractivity contribution is -0.121. The first-order valence-electron chi connectivity index (χ1n) is 12.3. The van der Waals surface area contributed by atoms with Crippen LogP contribution in [0.3, 0.4) is 0 Å². The van der Waals surface area contributed by atoms with Crippen molar-refractivity contribution in [3.63, 3.8) is 0 Å². The molecule has 1 amide bonds. The monoisotopic (exact) mass is 512 g/mol. The summed E-state index contributed by atoms with van der Waals surface area (Å²) in [4.78, 5) is 28.9. The van der Waals surface area contributed by atoms with Gasteiger partial charge in [-0.2, -0.15) is 0 Å². The van der Waals surface area contributed by atoms with Gasteiger partial charge in [-0.25, -0.2) is 0 Å². The minimum atomic E-state index is -0.775. The molecule has 9 heteroatoms. The highest BCUT2D eigenvalue weighted by Crippen LogP contribution is 2.28. The van der Waals surface area contributed by atoms with Crippen molar-refractivity contribution in [2.24, 2.45) is 0 Å². The number of carbonyl (C=O) groups excluding carboxylic acids is 1. The van der Waals surface area contributed by atoms with Gasteiger partial charge in [0.2, 0.25) is 11.5 Å². The van der Waals surface area contributed by atoms with Crippen molar-refractivity contribution < 1.29 is 15.0 Å². The van der Waals surface area contributed by atoms with Crippen molar-refractivity contribution >= 4 is 28.4 Å². The van der Waals surface area contributed by atoms with Gasteiger partial charge in [-0.3, -0.25) is 9.59 Å². The predicted octanol–water partition coefficient (Wildman–Crippen LogP) is 2.99. The zero-order chi connectivity index (χ0) is 25.7. The lowest BCUT2D eigenvalue weighted by atomic mass is 10.0. The number of halogens is 1. The second kappa shape index (κ2) is 11.9. The molecule has 1 atom stereocenters. The van der Waals surface area contributed by atoms with E-state index in [9.17, 15) is 19.8 Å². The van der Waals surface area contributed by atoms with Crippen LogP contribution in [0.5, 0.6) is 5.75 Å². The molecule has 4 rings (SSSR count). The summed E-state index contributed by atoms with van der Waals surface area (Å²) in [5.41, 5.74) is 2.70. The van der Waals surface area contributed by atoms with E-state index in [1.165, 1.54) is 12.1 Å². The van der Waals surface area contributed by atoms with Crippen LogP contribution in [0.25, 0.3) is 10.9 Å². The van der Waals surface area contributed by atoms with E-state index in [0.29, 0.717) is 47.5 Å². The molecule has 2 aromatic carbocycles. The summed E-state index contributed by atoms with van der Waals surface area (Å²) in [6.07, 6.45) is 1.52. The highest BCUT2D eigenvalue weighted by Gasteiger charge is 2.21. The number of pyridine rings is 1. The maximum absolute atomic E-state index is 12.3. The number of nitrogens with zero attached hydrogens (tertiary/aromatic N) is 1. The quantitative estimate of drug-likeness (QED) is 0.301. The smallest absolute Gasteiger partial charge is 0.248 e. The van der Waals surface area contributed by atoms with E-state index in [2.05, 4.69) is 20.5 Å². The van der Waals surface area contributed by atoms with Gasteiger partial charge in [-0.05, 0) is 67.7 Å². The minimum absolute atomic E-state index is 0.0140. The largest absolute Gasteiger partial charge is 0.506 e. The van der Waals surface area contributed by atoms with E-state index in [-0.39, 0.29) is 23.3 Å². The number of hydrogen-bond donors (Lipinski definition) is 5. The van der Waals surface area contributed by atoms with Crippen molar-refractivity contribution in [3.8, 4) is 5.75 Å². The molecule has 0 bridgehead atoms. The fourth-order valence-corrected chi connectivity index (χ4v) is 5.01. The molecule has 3 aromatic rings. The number of piperidine rings is 1. The van der Waals surface area contributed by atoms with Crippen LogP contribution < -0.4 is 16.2 Å².